The molecule has 1 N–H and O–H groups in total. The van der Waals surface area contributed by atoms with E-state index in [0.717, 1.165) is 31.9 Å². The highest BCUT2D eigenvalue weighted by atomic mass is 16.5. The molecule has 7 heteroatoms. The number of benzene rings is 2. The molecule has 2 aromatic carbocycles. The van der Waals surface area contributed by atoms with Gasteiger partial charge in [-0.1, -0.05) is 18.2 Å². The van der Waals surface area contributed by atoms with Crippen LogP contribution in [-0.4, -0.2) is 83.8 Å². The van der Waals surface area contributed by atoms with E-state index in [-0.39, 0.29) is 11.9 Å². The first-order valence-electron chi connectivity index (χ1n) is 10.6. The van der Waals surface area contributed by atoms with Crippen molar-refractivity contribution in [2.24, 2.45) is 0 Å². The number of likely N-dealkylation sites (N-methyl/N-ethyl adjacent to an activating group) is 1. The quantitative estimate of drug-likeness (QED) is 0.700. The van der Waals surface area contributed by atoms with Crippen LogP contribution in [0, 0.1) is 0 Å². The summed E-state index contributed by atoms with van der Waals surface area (Å²) in [4.78, 5) is 20.0. The molecule has 0 aromatic heterocycles. The lowest BCUT2D eigenvalue weighted by Crippen LogP contribution is -2.48. The van der Waals surface area contributed by atoms with Crippen molar-refractivity contribution >= 4 is 11.6 Å². The number of anilines is 1. The standard InChI is InChI=1S/C24H34N4O3/c1-26(2)19-11-9-18(10-12-19)20(28-15-13-27(3)14-16-28)17-25-24(29)23-21(30-4)7-6-8-22(23)31-5/h6-12,20H,13-17H2,1-5H3,(H,25,29). The van der Waals surface area contributed by atoms with Crippen molar-refractivity contribution in [2.75, 3.05) is 73.0 Å². The van der Waals surface area contributed by atoms with Crippen LogP contribution in [0.1, 0.15) is 22.0 Å². The zero-order chi connectivity index (χ0) is 22.4. The Hall–Kier alpha value is -2.77. The van der Waals surface area contributed by atoms with Crippen molar-refractivity contribution in [1.82, 2.24) is 15.1 Å². The van der Waals surface area contributed by atoms with Crippen LogP contribution in [0.4, 0.5) is 5.69 Å². The van der Waals surface area contributed by atoms with E-state index in [1.165, 1.54) is 5.56 Å². The zero-order valence-electron chi connectivity index (χ0n) is 19.2. The lowest BCUT2D eigenvalue weighted by atomic mass is 10.0. The summed E-state index contributed by atoms with van der Waals surface area (Å²) in [5.41, 5.74) is 2.78. The Balaban J connectivity index is 1.81. The fourth-order valence-electron chi connectivity index (χ4n) is 3.94. The van der Waals surface area contributed by atoms with Gasteiger partial charge >= 0.3 is 0 Å². The van der Waals surface area contributed by atoms with E-state index in [0.29, 0.717) is 23.6 Å². The first-order valence-corrected chi connectivity index (χ1v) is 10.6. The zero-order valence-corrected chi connectivity index (χ0v) is 19.2. The fourth-order valence-corrected chi connectivity index (χ4v) is 3.94. The number of piperazine rings is 1. The minimum atomic E-state index is -0.196. The average Bonchev–Trinajstić information content (AvgIpc) is 2.79. The number of rotatable bonds is 8. The molecule has 0 spiro atoms. The van der Waals surface area contributed by atoms with Crippen LogP contribution in [0.2, 0.25) is 0 Å². The molecular weight excluding hydrogens is 392 g/mol. The van der Waals surface area contributed by atoms with E-state index in [2.05, 4.69) is 51.3 Å². The molecular formula is C24H34N4O3. The summed E-state index contributed by atoms with van der Waals surface area (Å²) in [5, 5.41) is 3.13. The van der Waals surface area contributed by atoms with Gasteiger partial charge in [-0.2, -0.15) is 0 Å². The lowest BCUT2D eigenvalue weighted by Gasteiger charge is -2.38. The molecule has 0 aliphatic carbocycles. The number of amides is 1. The number of hydrogen-bond donors (Lipinski definition) is 1. The SMILES string of the molecule is COc1cccc(OC)c1C(=O)NCC(c1ccc(N(C)C)cc1)N1CCN(C)CC1. The maximum atomic E-state index is 13.1. The van der Waals surface area contributed by atoms with Crippen molar-refractivity contribution in [3.05, 3.63) is 53.6 Å². The number of carbonyl (C=O) groups is 1. The molecule has 1 heterocycles. The van der Waals surface area contributed by atoms with Gasteiger partial charge in [0, 0.05) is 52.5 Å². The highest BCUT2D eigenvalue weighted by molar-refractivity contribution is 5.99. The number of methoxy groups -OCH3 is 2. The van der Waals surface area contributed by atoms with Crippen LogP contribution in [0.5, 0.6) is 11.5 Å². The number of ether oxygens (including phenoxy) is 2. The Kier molecular flexibility index (Phi) is 7.76. The smallest absolute Gasteiger partial charge is 0.258 e. The molecule has 168 valence electrons. The Morgan fingerprint density at radius 2 is 1.58 bits per heavy atom. The molecule has 3 rings (SSSR count). The van der Waals surface area contributed by atoms with Crippen LogP contribution in [-0.2, 0) is 0 Å². The molecule has 7 nitrogen and oxygen atoms in total. The van der Waals surface area contributed by atoms with E-state index < -0.39 is 0 Å². The summed E-state index contributed by atoms with van der Waals surface area (Å²) in [6.45, 7) is 4.46. The van der Waals surface area contributed by atoms with Crippen LogP contribution in [0.3, 0.4) is 0 Å². The Morgan fingerprint density at radius 3 is 2.10 bits per heavy atom. The second kappa shape index (κ2) is 10.5. The van der Waals surface area contributed by atoms with Gasteiger partial charge in [0.05, 0.1) is 20.3 Å². The highest BCUT2D eigenvalue weighted by Crippen LogP contribution is 2.29. The number of hydrogen-bond acceptors (Lipinski definition) is 6. The molecule has 1 atom stereocenters. The molecule has 1 saturated heterocycles. The van der Waals surface area contributed by atoms with Gasteiger partial charge in [0.25, 0.3) is 5.91 Å². The van der Waals surface area contributed by atoms with E-state index in [1.54, 1.807) is 26.4 Å². The average molecular weight is 427 g/mol. The largest absolute Gasteiger partial charge is 0.496 e. The maximum Gasteiger partial charge on any atom is 0.258 e. The highest BCUT2D eigenvalue weighted by Gasteiger charge is 2.26. The molecule has 1 fully saturated rings. The topological polar surface area (TPSA) is 57.3 Å². The second-order valence-corrected chi connectivity index (χ2v) is 8.09. The Labute approximate surface area is 185 Å². The minimum absolute atomic E-state index is 0.0922. The van der Waals surface area contributed by atoms with E-state index in [4.69, 9.17) is 9.47 Å². The third-order valence-electron chi connectivity index (χ3n) is 5.88. The van der Waals surface area contributed by atoms with E-state index >= 15 is 0 Å². The van der Waals surface area contributed by atoms with Gasteiger partial charge < -0.3 is 24.6 Å². The van der Waals surface area contributed by atoms with Gasteiger partial charge in [0.1, 0.15) is 17.1 Å². The van der Waals surface area contributed by atoms with Gasteiger partial charge in [-0.25, -0.2) is 0 Å². The predicted molar refractivity (Wildman–Crippen MR) is 124 cm³/mol. The molecule has 31 heavy (non-hydrogen) atoms. The predicted octanol–water partition coefficient (Wildman–Crippen LogP) is 2.49. The van der Waals surface area contributed by atoms with Crippen molar-refractivity contribution in [3.63, 3.8) is 0 Å². The van der Waals surface area contributed by atoms with Crippen molar-refractivity contribution in [1.29, 1.82) is 0 Å². The summed E-state index contributed by atoms with van der Waals surface area (Å²) < 4.78 is 10.8. The number of nitrogens with one attached hydrogen (secondary N) is 1. The third kappa shape index (κ3) is 5.48. The lowest BCUT2D eigenvalue weighted by molar-refractivity contribution is 0.0881. The molecule has 0 saturated carbocycles. The summed E-state index contributed by atoms with van der Waals surface area (Å²) in [6.07, 6.45) is 0. The van der Waals surface area contributed by atoms with Crippen LogP contribution < -0.4 is 19.7 Å². The number of carbonyl (C=O) groups excluding carboxylic acids is 1. The fraction of sp³-hybridized carbons (Fsp3) is 0.458. The molecule has 0 bridgehead atoms. The van der Waals surface area contributed by atoms with E-state index in [1.807, 2.05) is 20.2 Å². The van der Waals surface area contributed by atoms with Crippen molar-refractivity contribution in [3.8, 4) is 11.5 Å². The van der Waals surface area contributed by atoms with Gasteiger partial charge in [-0.05, 0) is 36.9 Å². The second-order valence-electron chi connectivity index (χ2n) is 8.09. The summed E-state index contributed by atoms with van der Waals surface area (Å²) in [6, 6.07) is 14.0. The van der Waals surface area contributed by atoms with Crippen LogP contribution in [0.25, 0.3) is 0 Å². The van der Waals surface area contributed by atoms with Crippen LogP contribution in [0.15, 0.2) is 42.5 Å². The Bertz CT molecular complexity index is 839. The summed E-state index contributed by atoms with van der Waals surface area (Å²) in [5.74, 6) is 0.810. The molecule has 1 aliphatic rings. The van der Waals surface area contributed by atoms with Crippen LogP contribution >= 0.6 is 0 Å². The molecule has 2 aromatic rings. The maximum absolute atomic E-state index is 13.1. The van der Waals surface area contributed by atoms with Gasteiger partial charge in [0.15, 0.2) is 0 Å². The van der Waals surface area contributed by atoms with Gasteiger partial charge in [-0.3, -0.25) is 9.69 Å². The van der Waals surface area contributed by atoms with Crippen molar-refractivity contribution < 1.29 is 14.3 Å². The van der Waals surface area contributed by atoms with E-state index in [9.17, 15) is 4.79 Å². The van der Waals surface area contributed by atoms with Crippen molar-refractivity contribution in [2.45, 2.75) is 6.04 Å². The summed E-state index contributed by atoms with van der Waals surface area (Å²) >= 11 is 0. The van der Waals surface area contributed by atoms with Gasteiger partial charge in [0.2, 0.25) is 0 Å². The summed E-state index contributed by atoms with van der Waals surface area (Å²) in [7, 11) is 9.34. The first kappa shape index (κ1) is 22.9. The first-order chi connectivity index (χ1) is 14.9. The molecule has 1 unspecified atom stereocenters. The minimum Gasteiger partial charge on any atom is -0.496 e. The molecule has 1 amide bonds. The molecule has 0 radical (unpaired) electrons. The number of nitrogens with zero attached hydrogens (tertiary/aromatic N) is 3. The monoisotopic (exact) mass is 426 g/mol. The molecule has 1 aliphatic heterocycles. The van der Waals surface area contributed by atoms with Gasteiger partial charge in [-0.15, -0.1) is 0 Å². The Morgan fingerprint density at radius 1 is 1.00 bits per heavy atom. The normalized spacial score (nSPS) is 15.9. The third-order valence-corrected chi connectivity index (χ3v) is 5.88.